The zero-order chi connectivity index (χ0) is 20.5. The maximum absolute atomic E-state index is 6.66. The predicted molar refractivity (Wildman–Crippen MR) is 124 cm³/mol. The maximum atomic E-state index is 6.66. The van der Waals surface area contributed by atoms with Crippen molar-refractivity contribution in [1.82, 2.24) is 19.9 Å². The van der Waals surface area contributed by atoms with E-state index in [1.807, 2.05) is 80.1 Å². The molecule has 0 radical (unpaired) electrons. The zero-order valence-corrected chi connectivity index (χ0v) is 17.8. The van der Waals surface area contributed by atoms with Crippen LogP contribution >= 0.6 is 12.4 Å². The number of hydrogen-bond donors (Lipinski definition) is 1. The van der Waals surface area contributed by atoms with Gasteiger partial charge >= 0.3 is 0 Å². The Kier molecular flexibility index (Phi) is 5.84. The maximum Gasteiger partial charge on any atom is 0.167 e. The molecule has 0 spiro atoms. The van der Waals surface area contributed by atoms with Crippen LogP contribution in [0.5, 0.6) is 0 Å². The summed E-state index contributed by atoms with van der Waals surface area (Å²) in [7, 11) is 1.90. The van der Waals surface area contributed by atoms with Gasteiger partial charge in [0, 0.05) is 47.9 Å². The van der Waals surface area contributed by atoms with Crippen molar-refractivity contribution in [2.45, 2.75) is 12.5 Å². The molecule has 0 aliphatic heterocycles. The molecule has 2 N–H and O–H groups in total. The molecule has 7 heteroatoms. The molecule has 5 aromatic rings. The van der Waals surface area contributed by atoms with Gasteiger partial charge in [0.2, 0.25) is 0 Å². The topological polar surface area (TPSA) is 82.8 Å². The Labute approximate surface area is 186 Å². The highest BCUT2D eigenvalue weighted by Crippen LogP contribution is 2.33. The molecule has 0 aliphatic rings. The van der Waals surface area contributed by atoms with Crippen LogP contribution in [0.15, 0.2) is 83.6 Å². The number of nitrogens with two attached hydrogens (primary N) is 1. The van der Waals surface area contributed by atoms with Crippen molar-refractivity contribution in [2.24, 2.45) is 12.8 Å². The van der Waals surface area contributed by atoms with E-state index in [1.165, 1.54) is 0 Å². The van der Waals surface area contributed by atoms with Crippen LogP contribution in [-0.2, 0) is 13.5 Å². The van der Waals surface area contributed by atoms with Gasteiger partial charge in [-0.1, -0.05) is 47.6 Å². The Morgan fingerprint density at radius 1 is 1.00 bits per heavy atom. The Hall–Kier alpha value is -3.48. The van der Waals surface area contributed by atoms with Gasteiger partial charge < -0.3 is 10.3 Å². The highest BCUT2D eigenvalue weighted by atomic mass is 35.5. The van der Waals surface area contributed by atoms with E-state index in [1.54, 1.807) is 4.68 Å². The number of pyridine rings is 1. The number of nitrogens with zero attached hydrogens (tertiary/aromatic N) is 4. The Bertz CT molecular complexity index is 1330. The monoisotopic (exact) mass is 431 g/mol. The second kappa shape index (κ2) is 8.71. The first-order valence-electron chi connectivity index (χ1n) is 9.83. The third-order valence-electron chi connectivity index (χ3n) is 5.23. The molecular formula is C24H22ClN5O. The SMILES string of the molecule is Cl.Cn1cc(-c2cccc(C[C@H](N)c3ccccc3-c3noc4ccccc34)n2)cn1. The molecule has 0 unspecified atom stereocenters. The third kappa shape index (κ3) is 4.08. The van der Waals surface area contributed by atoms with Crippen molar-refractivity contribution in [1.29, 1.82) is 0 Å². The number of hydrogen-bond acceptors (Lipinski definition) is 5. The van der Waals surface area contributed by atoms with Crippen molar-refractivity contribution in [3.8, 4) is 22.5 Å². The molecule has 1 atom stereocenters. The van der Waals surface area contributed by atoms with Crippen LogP contribution in [0.4, 0.5) is 0 Å². The first kappa shape index (κ1) is 20.8. The van der Waals surface area contributed by atoms with Crippen LogP contribution in [0.25, 0.3) is 33.5 Å². The summed E-state index contributed by atoms with van der Waals surface area (Å²) in [6, 6.07) is 21.7. The fraction of sp³-hybridized carbons (Fsp3) is 0.125. The molecule has 0 bridgehead atoms. The summed E-state index contributed by atoms with van der Waals surface area (Å²) in [5, 5.41) is 9.53. The number of halogens is 1. The molecule has 2 aromatic carbocycles. The van der Waals surface area contributed by atoms with Gasteiger partial charge in [-0.25, -0.2) is 0 Å². The molecule has 31 heavy (non-hydrogen) atoms. The largest absolute Gasteiger partial charge is 0.356 e. The van der Waals surface area contributed by atoms with Crippen molar-refractivity contribution in [3.63, 3.8) is 0 Å². The minimum absolute atomic E-state index is 0. The molecule has 0 aliphatic carbocycles. The van der Waals surface area contributed by atoms with Gasteiger partial charge in [0.15, 0.2) is 5.58 Å². The molecule has 5 rings (SSSR count). The Morgan fingerprint density at radius 2 is 1.81 bits per heavy atom. The molecular weight excluding hydrogens is 410 g/mol. The number of rotatable bonds is 5. The van der Waals surface area contributed by atoms with Gasteiger partial charge in [-0.2, -0.15) is 5.10 Å². The third-order valence-corrected chi connectivity index (χ3v) is 5.23. The zero-order valence-electron chi connectivity index (χ0n) is 17.0. The lowest BCUT2D eigenvalue weighted by Crippen LogP contribution is -2.15. The van der Waals surface area contributed by atoms with E-state index in [4.69, 9.17) is 15.2 Å². The van der Waals surface area contributed by atoms with Gasteiger partial charge in [-0.15, -0.1) is 12.4 Å². The Balaban J connectivity index is 0.00000231. The van der Waals surface area contributed by atoms with Gasteiger partial charge in [0.1, 0.15) is 5.69 Å². The van der Waals surface area contributed by atoms with E-state index in [0.29, 0.717) is 6.42 Å². The van der Waals surface area contributed by atoms with Gasteiger partial charge in [-0.05, 0) is 29.8 Å². The first-order valence-corrected chi connectivity index (χ1v) is 9.83. The minimum Gasteiger partial charge on any atom is -0.356 e. The molecule has 0 fully saturated rings. The van der Waals surface area contributed by atoms with E-state index in [-0.39, 0.29) is 18.4 Å². The average molecular weight is 432 g/mol. The summed E-state index contributed by atoms with van der Waals surface area (Å²) in [4.78, 5) is 4.80. The summed E-state index contributed by atoms with van der Waals surface area (Å²) in [5.74, 6) is 0. The molecule has 3 aromatic heterocycles. The number of fused-ring (bicyclic) bond motifs is 1. The highest BCUT2D eigenvalue weighted by Gasteiger charge is 2.18. The summed E-state index contributed by atoms with van der Waals surface area (Å²) < 4.78 is 7.28. The van der Waals surface area contributed by atoms with Crippen LogP contribution in [0.3, 0.4) is 0 Å². The van der Waals surface area contributed by atoms with E-state index in [0.717, 1.165) is 44.7 Å². The van der Waals surface area contributed by atoms with Crippen molar-refractivity contribution in [2.75, 3.05) is 0 Å². The average Bonchev–Trinajstić information content (AvgIpc) is 3.40. The molecule has 156 valence electrons. The quantitative estimate of drug-likeness (QED) is 0.425. The molecule has 0 amide bonds. The lowest BCUT2D eigenvalue weighted by Gasteiger charge is -2.15. The van der Waals surface area contributed by atoms with Gasteiger partial charge in [-0.3, -0.25) is 9.67 Å². The van der Waals surface area contributed by atoms with Crippen LogP contribution in [0, 0.1) is 0 Å². The molecule has 0 saturated carbocycles. The summed E-state index contributed by atoms with van der Waals surface area (Å²) in [6.07, 6.45) is 4.38. The predicted octanol–water partition coefficient (Wildman–Crippen LogP) is 4.95. The minimum atomic E-state index is -0.228. The highest BCUT2D eigenvalue weighted by molar-refractivity contribution is 5.92. The van der Waals surface area contributed by atoms with Crippen molar-refractivity contribution in [3.05, 3.63) is 90.4 Å². The van der Waals surface area contributed by atoms with Gasteiger partial charge in [0.25, 0.3) is 0 Å². The smallest absolute Gasteiger partial charge is 0.167 e. The van der Waals surface area contributed by atoms with Crippen LogP contribution < -0.4 is 5.73 Å². The second-order valence-electron chi connectivity index (χ2n) is 7.34. The first-order chi connectivity index (χ1) is 14.7. The standard InChI is InChI=1S/C24H21N5O.ClH/c1-29-15-16(14-26-29)22-11-6-7-17(27-22)13-21(25)18-8-2-3-9-19(18)24-20-10-4-5-12-23(20)30-28-24;/h2-12,14-15,21H,13,25H2,1H3;1H/t21-;/m0./s1. The van der Waals surface area contributed by atoms with Crippen LogP contribution in [-0.4, -0.2) is 19.9 Å². The van der Waals surface area contributed by atoms with Crippen LogP contribution in [0.1, 0.15) is 17.3 Å². The summed E-state index contributed by atoms with van der Waals surface area (Å²) in [6.45, 7) is 0. The van der Waals surface area contributed by atoms with E-state index in [9.17, 15) is 0 Å². The Morgan fingerprint density at radius 3 is 2.65 bits per heavy atom. The number of aryl methyl sites for hydroxylation is 1. The normalized spacial score (nSPS) is 11.9. The molecule has 0 saturated heterocycles. The van der Waals surface area contributed by atoms with Gasteiger partial charge in [0.05, 0.1) is 11.9 Å². The molecule has 6 nitrogen and oxygen atoms in total. The fourth-order valence-corrected chi connectivity index (χ4v) is 3.76. The van der Waals surface area contributed by atoms with E-state index in [2.05, 4.69) is 16.3 Å². The number of para-hydroxylation sites is 1. The van der Waals surface area contributed by atoms with Crippen LogP contribution in [0.2, 0.25) is 0 Å². The number of benzene rings is 2. The van der Waals surface area contributed by atoms with Crippen molar-refractivity contribution >= 4 is 23.4 Å². The summed E-state index contributed by atoms with van der Waals surface area (Å²) >= 11 is 0. The second-order valence-corrected chi connectivity index (χ2v) is 7.34. The lowest BCUT2D eigenvalue weighted by molar-refractivity contribution is 0.459. The molecule has 3 heterocycles. The summed E-state index contributed by atoms with van der Waals surface area (Å²) in [5.41, 5.74) is 13.1. The lowest BCUT2D eigenvalue weighted by atomic mass is 9.94. The van der Waals surface area contributed by atoms with Crippen molar-refractivity contribution < 1.29 is 4.52 Å². The van der Waals surface area contributed by atoms with E-state index >= 15 is 0 Å². The fourth-order valence-electron chi connectivity index (χ4n) is 3.76. The number of aromatic nitrogens is 4. The van der Waals surface area contributed by atoms with E-state index < -0.39 is 0 Å².